The van der Waals surface area contributed by atoms with E-state index < -0.39 is 6.09 Å². The Morgan fingerprint density at radius 2 is 1.88 bits per heavy atom. The lowest BCUT2D eigenvalue weighted by molar-refractivity contribution is 0.168. The number of nitrogens with one attached hydrogen (secondary N) is 1. The zero-order valence-corrected chi connectivity index (χ0v) is 14.3. The molecule has 0 fully saturated rings. The molecule has 0 atom stereocenters. The van der Waals surface area contributed by atoms with Crippen LogP contribution < -0.4 is 16.8 Å². The van der Waals surface area contributed by atoms with Gasteiger partial charge in [-0.1, -0.05) is 41.9 Å². The third-order valence-electron chi connectivity index (χ3n) is 3.06. The minimum absolute atomic E-state index is 0.185. The van der Waals surface area contributed by atoms with E-state index in [1.54, 1.807) is 25.1 Å². The maximum absolute atomic E-state index is 11.8. The van der Waals surface area contributed by atoms with E-state index in [1.165, 1.54) is 0 Å². The molecule has 0 aliphatic heterocycles. The zero-order chi connectivity index (χ0) is 18.2. The summed E-state index contributed by atoms with van der Waals surface area (Å²) in [6.45, 7) is 1.97. The van der Waals surface area contributed by atoms with Crippen molar-refractivity contribution in [1.29, 1.82) is 0 Å². The van der Waals surface area contributed by atoms with Gasteiger partial charge in [-0.3, -0.25) is 5.32 Å². The van der Waals surface area contributed by atoms with Crippen LogP contribution in [0.5, 0.6) is 0 Å². The van der Waals surface area contributed by atoms with Crippen molar-refractivity contribution in [1.82, 2.24) is 0 Å². The van der Waals surface area contributed by atoms with Crippen molar-refractivity contribution < 1.29 is 9.53 Å². The first-order valence-corrected chi connectivity index (χ1v) is 7.84. The summed E-state index contributed by atoms with van der Waals surface area (Å²) in [5.41, 5.74) is 13.0. The van der Waals surface area contributed by atoms with Gasteiger partial charge in [-0.15, -0.1) is 10.2 Å². The van der Waals surface area contributed by atoms with Gasteiger partial charge in [0.05, 0.1) is 12.3 Å². The SMILES string of the molecule is CCOC(=O)Nc1ccc(Cl)cc1/C(=N/N=C(N)N)c1ccccc1. The van der Waals surface area contributed by atoms with Crippen LogP contribution in [-0.2, 0) is 4.74 Å². The fourth-order valence-electron chi connectivity index (χ4n) is 2.07. The number of hydrogen-bond acceptors (Lipinski definition) is 4. The highest BCUT2D eigenvalue weighted by Crippen LogP contribution is 2.24. The molecule has 0 bridgehead atoms. The summed E-state index contributed by atoms with van der Waals surface area (Å²) in [7, 11) is 0. The lowest BCUT2D eigenvalue weighted by Crippen LogP contribution is -2.22. The van der Waals surface area contributed by atoms with Gasteiger partial charge in [0.15, 0.2) is 0 Å². The van der Waals surface area contributed by atoms with Crippen LogP contribution in [0.4, 0.5) is 10.5 Å². The van der Waals surface area contributed by atoms with Gasteiger partial charge < -0.3 is 16.2 Å². The summed E-state index contributed by atoms with van der Waals surface area (Å²) < 4.78 is 4.92. The van der Waals surface area contributed by atoms with Gasteiger partial charge in [-0.2, -0.15) is 0 Å². The number of hydrogen-bond donors (Lipinski definition) is 3. The Hall–Kier alpha value is -3.06. The average molecular weight is 360 g/mol. The molecule has 2 rings (SSSR count). The number of benzene rings is 2. The third-order valence-corrected chi connectivity index (χ3v) is 3.30. The highest BCUT2D eigenvalue weighted by Gasteiger charge is 2.15. The molecule has 2 aromatic rings. The van der Waals surface area contributed by atoms with E-state index in [2.05, 4.69) is 15.5 Å². The van der Waals surface area contributed by atoms with Crippen LogP contribution in [0.15, 0.2) is 58.7 Å². The van der Waals surface area contributed by atoms with Gasteiger partial charge in [0.25, 0.3) is 0 Å². The normalized spacial score (nSPS) is 10.9. The highest BCUT2D eigenvalue weighted by molar-refractivity contribution is 6.31. The standard InChI is InChI=1S/C17H18ClN5O2/c1-2-25-17(24)21-14-9-8-12(18)10-13(14)15(22-23-16(19)20)11-6-4-3-5-7-11/h3-10H,2H2,1H3,(H,21,24)(H4,19,20,23)/b22-15+. The van der Waals surface area contributed by atoms with Crippen molar-refractivity contribution in [3.8, 4) is 0 Å². The van der Waals surface area contributed by atoms with Crippen LogP contribution in [-0.4, -0.2) is 24.4 Å². The van der Waals surface area contributed by atoms with Gasteiger partial charge in [-0.25, -0.2) is 4.79 Å². The molecule has 0 heterocycles. The van der Waals surface area contributed by atoms with Crippen molar-refractivity contribution in [3.05, 3.63) is 64.7 Å². The minimum atomic E-state index is -0.583. The summed E-state index contributed by atoms with van der Waals surface area (Å²) in [5.74, 6) is -0.185. The lowest BCUT2D eigenvalue weighted by atomic mass is 10.0. The molecule has 5 N–H and O–H groups in total. The molecule has 0 aliphatic rings. The molecule has 0 spiro atoms. The van der Waals surface area contributed by atoms with Crippen LogP contribution in [0.3, 0.4) is 0 Å². The molecule has 0 unspecified atom stereocenters. The predicted octanol–water partition coefficient (Wildman–Crippen LogP) is 2.93. The quantitative estimate of drug-likeness (QED) is 0.432. The van der Waals surface area contributed by atoms with Gasteiger partial charge in [0.2, 0.25) is 5.96 Å². The minimum Gasteiger partial charge on any atom is -0.450 e. The number of ether oxygens (including phenoxy) is 1. The van der Waals surface area contributed by atoms with E-state index >= 15 is 0 Å². The third kappa shape index (κ3) is 5.22. The van der Waals surface area contributed by atoms with Gasteiger partial charge >= 0.3 is 6.09 Å². The Kier molecular flexibility index (Phi) is 6.36. The van der Waals surface area contributed by atoms with E-state index in [0.29, 0.717) is 22.0 Å². The fourth-order valence-corrected chi connectivity index (χ4v) is 2.24. The van der Waals surface area contributed by atoms with Crippen LogP contribution >= 0.6 is 11.6 Å². The van der Waals surface area contributed by atoms with Crippen molar-refractivity contribution in [2.45, 2.75) is 6.92 Å². The predicted molar refractivity (Wildman–Crippen MR) is 100.0 cm³/mol. The second kappa shape index (κ2) is 8.70. The van der Waals surface area contributed by atoms with Crippen molar-refractivity contribution in [2.24, 2.45) is 21.7 Å². The Bertz CT molecular complexity index is 802. The van der Waals surface area contributed by atoms with E-state index in [0.717, 1.165) is 5.56 Å². The maximum Gasteiger partial charge on any atom is 0.411 e. The molecule has 0 saturated heterocycles. The van der Waals surface area contributed by atoms with Crippen molar-refractivity contribution >= 4 is 35.1 Å². The van der Waals surface area contributed by atoms with Crippen LogP contribution in [0.1, 0.15) is 18.1 Å². The zero-order valence-electron chi connectivity index (χ0n) is 13.6. The summed E-state index contributed by atoms with van der Waals surface area (Å²) in [6, 6.07) is 14.2. The van der Waals surface area contributed by atoms with E-state index in [-0.39, 0.29) is 12.6 Å². The first-order chi connectivity index (χ1) is 12.0. The lowest BCUT2D eigenvalue weighted by Gasteiger charge is -2.13. The van der Waals surface area contributed by atoms with Crippen molar-refractivity contribution in [2.75, 3.05) is 11.9 Å². The fraction of sp³-hybridized carbons (Fsp3) is 0.118. The molecule has 2 aromatic carbocycles. The Labute approximate surface area is 150 Å². The molecule has 25 heavy (non-hydrogen) atoms. The Balaban J connectivity index is 2.56. The molecule has 1 amide bonds. The van der Waals surface area contributed by atoms with Crippen LogP contribution in [0, 0.1) is 0 Å². The molecule has 0 saturated carbocycles. The number of guanidine groups is 1. The molecular weight excluding hydrogens is 342 g/mol. The number of rotatable bonds is 5. The summed E-state index contributed by atoms with van der Waals surface area (Å²) in [5, 5.41) is 11.0. The molecule has 130 valence electrons. The number of halogens is 1. The number of nitrogens with zero attached hydrogens (tertiary/aromatic N) is 2. The summed E-state index contributed by atoms with van der Waals surface area (Å²) >= 11 is 6.12. The van der Waals surface area contributed by atoms with E-state index in [9.17, 15) is 4.79 Å². The van der Waals surface area contributed by atoms with Gasteiger partial charge in [0, 0.05) is 16.1 Å². The monoisotopic (exact) mass is 359 g/mol. The smallest absolute Gasteiger partial charge is 0.411 e. The van der Waals surface area contributed by atoms with Crippen LogP contribution in [0.2, 0.25) is 5.02 Å². The molecule has 0 radical (unpaired) electrons. The maximum atomic E-state index is 11.8. The number of carbonyl (C=O) groups is 1. The molecule has 8 heteroatoms. The van der Waals surface area contributed by atoms with E-state index in [4.69, 9.17) is 27.8 Å². The highest BCUT2D eigenvalue weighted by atomic mass is 35.5. The second-order valence-corrected chi connectivity index (χ2v) is 5.31. The summed E-state index contributed by atoms with van der Waals surface area (Å²) in [4.78, 5) is 11.8. The van der Waals surface area contributed by atoms with Crippen molar-refractivity contribution in [3.63, 3.8) is 0 Å². The number of carbonyl (C=O) groups excluding carboxylic acids is 1. The first kappa shape index (κ1) is 18.3. The number of anilines is 1. The largest absolute Gasteiger partial charge is 0.450 e. The van der Waals surface area contributed by atoms with E-state index in [1.807, 2.05) is 30.3 Å². The topological polar surface area (TPSA) is 115 Å². The Morgan fingerprint density at radius 3 is 2.52 bits per heavy atom. The second-order valence-electron chi connectivity index (χ2n) is 4.87. The number of amides is 1. The van der Waals surface area contributed by atoms with Gasteiger partial charge in [0.1, 0.15) is 5.71 Å². The average Bonchev–Trinajstić information content (AvgIpc) is 2.58. The van der Waals surface area contributed by atoms with Crippen LogP contribution in [0.25, 0.3) is 0 Å². The number of nitrogens with two attached hydrogens (primary N) is 2. The first-order valence-electron chi connectivity index (χ1n) is 7.47. The molecule has 0 aromatic heterocycles. The Morgan fingerprint density at radius 1 is 1.16 bits per heavy atom. The molecular formula is C17H18ClN5O2. The van der Waals surface area contributed by atoms with Gasteiger partial charge in [-0.05, 0) is 25.1 Å². The molecule has 0 aliphatic carbocycles. The summed E-state index contributed by atoms with van der Waals surface area (Å²) in [6.07, 6.45) is -0.583. The molecule has 7 nitrogen and oxygen atoms in total.